The fourth-order valence-corrected chi connectivity index (χ4v) is 1.55. The first-order valence-corrected chi connectivity index (χ1v) is 5.73. The molecule has 0 aliphatic rings. The maximum absolute atomic E-state index is 11.5. The minimum atomic E-state index is -0.490. The predicted octanol–water partition coefficient (Wildman–Crippen LogP) is 2.78. The van der Waals surface area contributed by atoms with Gasteiger partial charge in [0.1, 0.15) is 0 Å². The van der Waals surface area contributed by atoms with E-state index in [1.807, 2.05) is 6.92 Å². The van der Waals surface area contributed by atoms with Gasteiger partial charge >= 0.3 is 0 Å². The van der Waals surface area contributed by atoms with Crippen molar-refractivity contribution in [2.24, 2.45) is 5.73 Å². The van der Waals surface area contributed by atoms with Gasteiger partial charge in [0.05, 0.1) is 21.2 Å². The molecule has 0 aliphatic carbocycles. The molecule has 15 heavy (non-hydrogen) atoms. The van der Waals surface area contributed by atoms with Gasteiger partial charge in [-0.3, -0.25) is 4.79 Å². The van der Waals surface area contributed by atoms with Crippen molar-refractivity contribution in [1.29, 1.82) is 0 Å². The number of carbonyl (C=O) groups is 1. The van der Waals surface area contributed by atoms with Crippen molar-refractivity contribution in [2.45, 2.75) is 19.4 Å². The van der Waals surface area contributed by atoms with Crippen molar-refractivity contribution in [3.63, 3.8) is 0 Å². The third kappa shape index (κ3) is 3.19. The van der Waals surface area contributed by atoms with Crippen LogP contribution in [0.1, 0.15) is 13.3 Å². The van der Waals surface area contributed by atoms with Gasteiger partial charge < -0.3 is 11.1 Å². The summed E-state index contributed by atoms with van der Waals surface area (Å²) in [6.07, 6.45) is 0.601. The lowest BCUT2D eigenvalue weighted by molar-refractivity contribution is -0.117. The lowest BCUT2D eigenvalue weighted by Crippen LogP contribution is -2.34. The fraction of sp³-hybridized carbons (Fsp3) is 0.300. The van der Waals surface area contributed by atoms with Gasteiger partial charge in [-0.2, -0.15) is 0 Å². The van der Waals surface area contributed by atoms with Gasteiger partial charge in [-0.15, -0.1) is 0 Å². The van der Waals surface area contributed by atoms with Crippen molar-refractivity contribution in [3.05, 3.63) is 27.7 Å². The number of carbonyl (C=O) groups excluding carboxylic acids is 1. The van der Waals surface area contributed by atoms with E-state index in [1.54, 1.807) is 18.2 Å². The van der Waals surface area contributed by atoms with Crippen LogP contribution in [0.25, 0.3) is 0 Å². The Balaban J connectivity index is 2.81. The zero-order chi connectivity index (χ0) is 11.4. The Hall–Kier alpha value is -0.580. The van der Waals surface area contributed by atoms with E-state index in [1.165, 1.54) is 0 Å². The van der Waals surface area contributed by atoms with Gasteiger partial charge in [0, 0.05) is 0 Å². The van der Waals surface area contributed by atoms with Gasteiger partial charge in [-0.25, -0.2) is 0 Å². The molecule has 5 heteroatoms. The van der Waals surface area contributed by atoms with Crippen LogP contribution in [0.2, 0.25) is 5.02 Å². The number of rotatable bonds is 3. The molecule has 0 aliphatic heterocycles. The van der Waals surface area contributed by atoms with Crippen molar-refractivity contribution < 1.29 is 4.79 Å². The molecule has 1 aromatic carbocycles. The third-order valence-electron chi connectivity index (χ3n) is 1.99. The number of nitrogens with one attached hydrogen (secondary N) is 1. The smallest absolute Gasteiger partial charge is 0.241 e. The molecule has 1 atom stereocenters. The first-order valence-electron chi connectivity index (χ1n) is 4.56. The lowest BCUT2D eigenvalue weighted by Gasteiger charge is -2.11. The zero-order valence-electron chi connectivity index (χ0n) is 8.26. The second-order valence-electron chi connectivity index (χ2n) is 3.11. The van der Waals surface area contributed by atoms with Crippen molar-refractivity contribution >= 4 is 39.1 Å². The maximum Gasteiger partial charge on any atom is 0.241 e. The van der Waals surface area contributed by atoms with E-state index in [-0.39, 0.29) is 5.91 Å². The Labute approximate surface area is 102 Å². The van der Waals surface area contributed by atoms with E-state index >= 15 is 0 Å². The average Bonchev–Trinajstić information content (AvgIpc) is 2.23. The first-order chi connectivity index (χ1) is 7.06. The predicted molar refractivity (Wildman–Crippen MR) is 66.0 cm³/mol. The van der Waals surface area contributed by atoms with Gasteiger partial charge in [-0.1, -0.05) is 24.6 Å². The Morgan fingerprint density at radius 2 is 2.33 bits per heavy atom. The summed E-state index contributed by atoms with van der Waals surface area (Å²) >= 11 is 9.17. The molecule has 0 bridgehead atoms. The molecule has 1 aromatic rings. The number of benzene rings is 1. The molecule has 3 N–H and O–H groups in total. The molecule has 0 spiro atoms. The SMILES string of the molecule is CC[C@@H](N)C(=O)Nc1cccc(Cl)c1Br. The lowest BCUT2D eigenvalue weighted by atomic mass is 10.2. The minimum absolute atomic E-state index is 0.208. The Morgan fingerprint density at radius 1 is 1.67 bits per heavy atom. The summed E-state index contributed by atoms with van der Waals surface area (Å²) < 4.78 is 0.670. The molecular weight excluding hydrogens is 279 g/mol. The summed E-state index contributed by atoms with van der Waals surface area (Å²) in [5.41, 5.74) is 6.23. The summed E-state index contributed by atoms with van der Waals surface area (Å²) in [7, 11) is 0. The van der Waals surface area contributed by atoms with Gasteiger partial charge in [0.2, 0.25) is 5.91 Å². The zero-order valence-corrected chi connectivity index (χ0v) is 10.6. The number of halogens is 2. The van der Waals surface area contributed by atoms with Gasteiger partial charge in [-0.05, 0) is 34.5 Å². The number of hydrogen-bond donors (Lipinski definition) is 2. The summed E-state index contributed by atoms with van der Waals surface area (Å²) in [6, 6.07) is 4.77. The molecule has 0 saturated heterocycles. The van der Waals surface area contributed by atoms with Crippen LogP contribution in [0, 0.1) is 0 Å². The Bertz CT molecular complexity index is 370. The largest absolute Gasteiger partial charge is 0.324 e. The van der Waals surface area contributed by atoms with Crippen LogP contribution in [-0.2, 0) is 4.79 Å². The number of nitrogens with two attached hydrogens (primary N) is 1. The van der Waals surface area contributed by atoms with Crippen LogP contribution in [0.4, 0.5) is 5.69 Å². The highest BCUT2D eigenvalue weighted by Gasteiger charge is 2.13. The van der Waals surface area contributed by atoms with E-state index < -0.39 is 6.04 Å². The number of anilines is 1. The second-order valence-corrected chi connectivity index (χ2v) is 4.31. The highest BCUT2D eigenvalue weighted by atomic mass is 79.9. The van der Waals surface area contributed by atoms with E-state index in [9.17, 15) is 4.79 Å². The summed E-state index contributed by atoms with van der Waals surface area (Å²) in [5.74, 6) is -0.208. The molecule has 0 radical (unpaired) electrons. The van der Waals surface area contributed by atoms with E-state index in [0.29, 0.717) is 21.6 Å². The monoisotopic (exact) mass is 290 g/mol. The van der Waals surface area contributed by atoms with Crippen molar-refractivity contribution in [1.82, 2.24) is 0 Å². The third-order valence-corrected chi connectivity index (χ3v) is 3.38. The fourth-order valence-electron chi connectivity index (χ4n) is 1.01. The number of hydrogen-bond acceptors (Lipinski definition) is 2. The first kappa shape index (κ1) is 12.5. The van der Waals surface area contributed by atoms with E-state index in [2.05, 4.69) is 21.2 Å². The summed E-state index contributed by atoms with van der Waals surface area (Å²) in [5, 5.41) is 3.26. The van der Waals surface area contributed by atoms with Crippen molar-refractivity contribution in [3.8, 4) is 0 Å². The molecule has 3 nitrogen and oxygen atoms in total. The molecule has 82 valence electrons. The van der Waals surface area contributed by atoms with Gasteiger partial charge in [0.25, 0.3) is 0 Å². The normalized spacial score (nSPS) is 12.3. The highest BCUT2D eigenvalue weighted by Crippen LogP contribution is 2.29. The average molecular weight is 292 g/mol. The standard InChI is InChI=1S/C10H12BrClN2O/c1-2-7(13)10(15)14-8-5-3-4-6(12)9(8)11/h3-5,7H,2,13H2,1H3,(H,14,15)/t7-/m1/s1. The summed E-state index contributed by atoms with van der Waals surface area (Å²) in [6.45, 7) is 1.86. The minimum Gasteiger partial charge on any atom is -0.324 e. The van der Waals surface area contributed by atoms with E-state index in [0.717, 1.165) is 0 Å². The number of amides is 1. The molecule has 0 saturated carbocycles. The van der Waals surface area contributed by atoms with Gasteiger partial charge in [0.15, 0.2) is 0 Å². The van der Waals surface area contributed by atoms with Crippen LogP contribution in [0.5, 0.6) is 0 Å². The second kappa shape index (κ2) is 5.49. The quantitative estimate of drug-likeness (QED) is 0.900. The van der Waals surface area contributed by atoms with E-state index in [4.69, 9.17) is 17.3 Å². The van der Waals surface area contributed by atoms with Crippen LogP contribution >= 0.6 is 27.5 Å². The maximum atomic E-state index is 11.5. The highest BCUT2D eigenvalue weighted by molar-refractivity contribution is 9.10. The Kier molecular flexibility index (Phi) is 4.57. The van der Waals surface area contributed by atoms with Crippen molar-refractivity contribution in [2.75, 3.05) is 5.32 Å². The molecule has 0 unspecified atom stereocenters. The molecule has 0 fully saturated rings. The van der Waals surface area contributed by atoms with Crippen LogP contribution in [0.15, 0.2) is 22.7 Å². The van der Waals surface area contributed by atoms with Crippen LogP contribution in [0.3, 0.4) is 0 Å². The molecule has 1 amide bonds. The molecule has 0 aromatic heterocycles. The Morgan fingerprint density at radius 3 is 2.93 bits per heavy atom. The molecule has 1 rings (SSSR count). The molecular formula is C10H12BrClN2O. The summed E-state index contributed by atoms with van der Waals surface area (Å²) in [4.78, 5) is 11.5. The van der Waals surface area contributed by atoms with Crippen LogP contribution < -0.4 is 11.1 Å². The van der Waals surface area contributed by atoms with Crippen LogP contribution in [-0.4, -0.2) is 11.9 Å². The molecule has 0 heterocycles. The topological polar surface area (TPSA) is 55.1 Å².